The SMILES string of the molecule is CCOC(=O)c1oc2ccc(Br)cc2c1COC(=O)C1CCCN1C(=O)c1ccco1. The molecule has 0 N–H and O–H groups in total. The summed E-state index contributed by atoms with van der Waals surface area (Å²) in [5.74, 6) is -1.35. The van der Waals surface area contributed by atoms with Gasteiger partial charge in [0.1, 0.15) is 18.2 Å². The summed E-state index contributed by atoms with van der Waals surface area (Å²) >= 11 is 3.40. The molecule has 162 valence electrons. The fraction of sp³-hybridized carbons (Fsp3) is 0.318. The molecule has 3 heterocycles. The number of likely N-dealkylation sites (tertiary alicyclic amines) is 1. The Bertz CT molecular complexity index is 1120. The first kappa shape index (κ1) is 21.2. The number of furan rings is 2. The molecular formula is C22H20BrNO7. The molecule has 1 atom stereocenters. The molecule has 1 aliphatic rings. The number of benzene rings is 1. The minimum absolute atomic E-state index is 0.00214. The lowest BCUT2D eigenvalue weighted by atomic mass is 10.1. The summed E-state index contributed by atoms with van der Waals surface area (Å²) in [5.41, 5.74) is 0.901. The maximum Gasteiger partial charge on any atom is 0.374 e. The molecule has 8 nitrogen and oxygen atoms in total. The second-order valence-corrected chi connectivity index (χ2v) is 7.93. The van der Waals surface area contributed by atoms with Crippen LogP contribution >= 0.6 is 15.9 Å². The minimum Gasteiger partial charge on any atom is -0.460 e. The highest BCUT2D eigenvalue weighted by molar-refractivity contribution is 9.10. The van der Waals surface area contributed by atoms with Gasteiger partial charge in [-0.1, -0.05) is 15.9 Å². The number of hydrogen-bond acceptors (Lipinski definition) is 7. The Hall–Kier alpha value is -3.07. The van der Waals surface area contributed by atoms with Crippen molar-refractivity contribution in [2.24, 2.45) is 0 Å². The summed E-state index contributed by atoms with van der Waals surface area (Å²) in [6, 6.07) is 7.75. The molecular weight excluding hydrogens is 470 g/mol. The van der Waals surface area contributed by atoms with Gasteiger partial charge >= 0.3 is 11.9 Å². The zero-order chi connectivity index (χ0) is 22.0. The normalized spacial score (nSPS) is 15.9. The topological polar surface area (TPSA) is 99.2 Å². The highest BCUT2D eigenvalue weighted by atomic mass is 79.9. The van der Waals surface area contributed by atoms with Crippen molar-refractivity contribution in [2.45, 2.75) is 32.4 Å². The lowest BCUT2D eigenvalue weighted by Crippen LogP contribution is -2.41. The maximum absolute atomic E-state index is 12.8. The molecule has 0 bridgehead atoms. The molecule has 9 heteroatoms. The van der Waals surface area contributed by atoms with E-state index in [0.29, 0.717) is 35.9 Å². The smallest absolute Gasteiger partial charge is 0.374 e. The highest BCUT2D eigenvalue weighted by Crippen LogP contribution is 2.30. The van der Waals surface area contributed by atoms with Gasteiger partial charge in [0.2, 0.25) is 5.76 Å². The van der Waals surface area contributed by atoms with Crippen LogP contribution in [0.15, 0.2) is 49.9 Å². The lowest BCUT2D eigenvalue weighted by Gasteiger charge is -2.22. The molecule has 1 amide bonds. The highest BCUT2D eigenvalue weighted by Gasteiger charge is 2.37. The molecule has 1 aliphatic heterocycles. The van der Waals surface area contributed by atoms with Crippen molar-refractivity contribution in [2.75, 3.05) is 13.2 Å². The predicted octanol–water partition coefficient (Wildman–Crippen LogP) is 4.31. The number of amides is 1. The number of nitrogens with zero attached hydrogens (tertiary/aromatic N) is 1. The Morgan fingerprint density at radius 3 is 2.81 bits per heavy atom. The summed E-state index contributed by atoms with van der Waals surface area (Å²) in [4.78, 5) is 39.3. The van der Waals surface area contributed by atoms with Gasteiger partial charge in [0.15, 0.2) is 5.76 Å². The largest absolute Gasteiger partial charge is 0.460 e. The summed E-state index contributed by atoms with van der Waals surface area (Å²) in [6.07, 6.45) is 2.59. The van der Waals surface area contributed by atoms with E-state index in [0.717, 1.165) is 4.47 Å². The number of esters is 2. The van der Waals surface area contributed by atoms with Gasteiger partial charge in [0.05, 0.1) is 18.4 Å². The Labute approximate surface area is 186 Å². The van der Waals surface area contributed by atoms with Gasteiger partial charge in [-0.05, 0) is 50.1 Å². The summed E-state index contributed by atoms with van der Waals surface area (Å²) in [6.45, 7) is 2.14. The lowest BCUT2D eigenvalue weighted by molar-refractivity contribution is -0.149. The Morgan fingerprint density at radius 2 is 2.06 bits per heavy atom. The van der Waals surface area contributed by atoms with Crippen molar-refractivity contribution in [1.82, 2.24) is 4.90 Å². The number of hydrogen-bond donors (Lipinski definition) is 0. The van der Waals surface area contributed by atoms with E-state index in [2.05, 4.69) is 15.9 Å². The molecule has 2 aromatic heterocycles. The second-order valence-electron chi connectivity index (χ2n) is 7.01. The molecule has 1 fully saturated rings. The average Bonchev–Trinajstić information content (AvgIpc) is 3.51. The number of fused-ring (bicyclic) bond motifs is 1. The van der Waals surface area contributed by atoms with E-state index >= 15 is 0 Å². The van der Waals surface area contributed by atoms with Crippen molar-refractivity contribution in [3.8, 4) is 0 Å². The third-order valence-electron chi connectivity index (χ3n) is 5.09. The second kappa shape index (κ2) is 8.97. The molecule has 3 aromatic rings. The molecule has 1 saturated heterocycles. The zero-order valence-corrected chi connectivity index (χ0v) is 18.3. The fourth-order valence-electron chi connectivity index (χ4n) is 3.66. The Kier molecular flexibility index (Phi) is 6.13. The van der Waals surface area contributed by atoms with E-state index in [-0.39, 0.29) is 30.6 Å². The quantitative estimate of drug-likeness (QED) is 0.475. The monoisotopic (exact) mass is 489 g/mol. The van der Waals surface area contributed by atoms with Crippen LogP contribution in [0.25, 0.3) is 11.0 Å². The molecule has 4 rings (SSSR count). The van der Waals surface area contributed by atoms with Crippen LogP contribution in [0.1, 0.15) is 46.4 Å². The third-order valence-corrected chi connectivity index (χ3v) is 5.58. The van der Waals surface area contributed by atoms with Crippen molar-refractivity contribution in [3.63, 3.8) is 0 Å². The average molecular weight is 490 g/mol. The van der Waals surface area contributed by atoms with E-state index < -0.39 is 18.0 Å². The maximum atomic E-state index is 12.8. The first-order chi connectivity index (χ1) is 15.0. The van der Waals surface area contributed by atoms with Crippen LogP contribution < -0.4 is 0 Å². The Morgan fingerprint density at radius 1 is 1.23 bits per heavy atom. The van der Waals surface area contributed by atoms with Gasteiger partial charge in [-0.15, -0.1) is 0 Å². The van der Waals surface area contributed by atoms with Crippen molar-refractivity contribution >= 4 is 44.7 Å². The van der Waals surface area contributed by atoms with Gasteiger partial charge in [0, 0.05) is 16.4 Å². The summed E-state index contributed by atoms with van der Waals surface area (Å²) in [5, 5.41) is 0.639. The summed E-state index contributed by atoms with van der Waals surface area (Å²) in [7, 11) is 0. The van der Waals surface area contributed by atoms with E-state index in [1.807, 2.05) is 0 Å². The molecule has 1 unspecified atom stereocenters. The van der Waals surface area contributed by atoms with E-state index in [9.17, 15) is 14.4 Å². The number of carbonyl (C=O) groups excluding carboxylic acids is 3. The van der Waals surface area contributed by atoms with Crippen molar-refractivity contribution in [1.29, 1.82) is 0 Å². The van der Waals surface area contributed by atoms with Gasteiger partial charge in [-0.2, -0.15) is 0 Å². The van der Waals surface area contributed by atoms with Crippen LogP contribution in [0.4, 0.5) is 0 Å². The van der Waals surface area contributed by atoms with Crippen LogP contribution in [-0.4, -0.2) is 41.9 Å². The number of carbonyl (C=O) groups is 3. The van der Waals surface area contributed by atoms with Crippen LogP contribution in [0, 0.1) is 0 Å². The van der Waals surface area contributed by atoms with Crippen LogP contribution in [0.5, 0.6) is 0 Å². The van der Waals surface area contributed by atoms with E-state index in [1.165, 1.54) is 11.2 Å². The molecule has 0 spiro atoms. The third kappa shape index (κ3) is 4.23. The molecule has 0 aliphatic carbocycles. The fourth-order valence-corrected chi connectivity index (χ4v) is 4.02. The van der Waals surface area contributed by atoms with Crippen molar-refractivity contribution < 1.29 is 32.7 Å². The number of halogens is 1. The van der Waals surface area contributed by atoms with Crippen LogP contribution in [-0.2, 0) is 20.9 Å². The Balaban J connectivity index is 1.55. The summed E-state index contributed by atoms with van der Waals surface area (Å²) < 4.78 is 22.2. The molecule has 31 heavy (non-hydrogen) atoms. The zero-order valence-electron chi connectivity index (χ0n) is 16.8. The van der Waals surface area contributed by atoms with E-state index in [4.69, 9.17) is 18.3 Å². The predicted molar refractivity (Wildman–Crippen MR) is 112 cm³/mol. The van der Waals surface area contributed by atoms with Crippen LogP contribution in [0.3, 0.4) is 0 Å². The molecule has 1 aromatic carbocycles. The van der Waals surface area contributed by atoms with Crippen LogP contribution in [0.2, 0.25) is 0 Å². The number of ether oxygens (including phenoxy) is 2. The van der Waals surface area contributed by atoms with E-state index in [1.54, 1.807) is 37.3 Å². The van der Waals surface area contributed by atoms with Gasteiger partial charge in [-0.3, -0.25) is 4.79 Å². The van der Waals surface area contributed by atoms with Gasteiger partial charge < -0.3 is 23.2 Å². The van der Waals surface area contributed by atoms with Crippen molar-refractivity contribution in [3.05, 3.63) is 58.2 Å². The molecule has 0 radical (unpaired) electrons. The van der Waals surface area contributed by atoms with Gasteiger partial charge in [0.25, 0.3) is 5.91 Å². The first-order valence-electron chi connectivity index (χ1n) is 9.88. The minimum atomic E-state index is -0.714. The molecule has 0 saturated carbocycles. The standard InChI is InChI=1S/C22H20BrNO7/c1-2-28-22(27)19-15(14-11-13(23)7-8-17(14)31-19)12-30-21(26)16-5-3-9-24(16)20(25)18-6-4-10-29-18/h4,6-8,10-11,16H,2-3,5,9,12H2,1H3. The van der Waals surface area contributed by atoms with Gasteiger partial charge in [-0.25, -0.2) is 9.59 Å². The first-order valence-corrected chi connectivity index (χ1v) is 10.7. The number of rotatable bonds is 6.